The van der Waals surface area contributed by atoms with Crippen molar-refractivity contribution in [1.29, 1.82) is 0 Å². The second-order valence-corrected chi connectivity index (χ2v) is 7.71. The van der Waals surface area contributed by atoms with Gasteiger partial charge in [-0.2, -0.15) is 0 Å². The van der Waals surface area contributed by atoms with Crippen molar-refractivity contribution in [3.05, 3.63) is 53.6 Å². The summed E-state index contributed by atoms with van der Waals surface area (Å²) in [4.78, 5) is 22.3. The second kappa shape index (κ2) is 7.86. The third-order valence-corrected chi connectivity index (χ3v) is 5.36. The van der Waals surface area contributed by atoms with Gasteiger partial charge in [-0.3, -0.25) is 13.9 Å². The Morgan fingerprint density at radius 2 is 1.68 bits per heavy atom. The molecule has 0 heterocycles. The van der Waals surface area contributed by atoms with Crippen molar-refractivity contribution in [1.82, 2.24) is 0 Å². The van der Waals surface area contributed by atoms with E-state index in [-0.39, 0.29) is 21.5 Å². The molecule has 2 rings (SSSR count). The molecular weight excluding hydrogens is 387 g/mol. The Bertz CT molecular complexity index is 899. The van der Waals surface area contributed by atoms with Crippen molar-refractivity contribution < 1.29 is 18.0 Å². The summed E-state index contributed by atoms with van der Waals surface area (Å²) >= 11 is 11.5. The number of hydrogen-bond acceptors (Lipinski definition) is 4. The zero-order valence-corrected chi connectivity index (χ0v) is 15.4. The first-order valence-corrected chi connectivity index (χ1v) is 9.24. The van der Waals surface area contributed by atoms with Gasteiger partial charge in [-0.05, 0) is 48.0 Å². The molecule has 0 saturated carbocycles. The maximum absolute atomic E-state index is 12.9. The molecule has 0 unspecified atom stereocenters. The number of anilines is 2. The lowest BCUT2D eigenvalue weighted by Gasteiger charge is -2.24. The number of hydrogen-bond donors (Lipinski definition) is 1. The molecule has 0 fully saturated rings. The smallest absolute Gasteiger partial charge is 0.264 e. The van der Waals surface area contributed by atoms with E-state index in [2.05, 4.69) is 5.32 Å². The molecule has 2 aromatic rings. The Morgan fingerprint density at radius 3 is 2.20 bits per heavy atom. The molecule has 0 bridgehead atoms. The van der Waals surface area contributed by atoms with Gasteiger partial charge in [-0.1, -0.05) is 23.7 Å². The molecule has 0 spiro atoms. The Kier molecular flexibility index (Phi) is 6.05. The molecule has 0 aliphatic carbocycles. The Morgan fingerprint density at radius 1 is 1.08 bits per heavy atom. The van der Waals surface area contributed by atoms with E-state index in [4.69, 9.17) is 23.2 Å². The van der Waals surface area contributed by atoms with Crippen molar-refractivity contribution in [2.24, 2.45) is 0 Å². The largest absolute Gasteiger partial charge is 0.326 e. The predicted octanol–water partition coefficient (Wildman–Crippen LogP) is 3.26. The fourth-order valence-electron chi connectivity index (χ4n) is 2.11. The van der Waals surface area contributed by atoms with Crippen molar-refractivity contribution in [2.75, 3.05) is 16.2 Å². The highest BCUT2D eigenvalue weighted by Gasteiger charge is 2.28. The monoisotopic (exact) mass is 400 g/mol. The third-order valence-electron chi connectivity index (χ3n) is 3.15. The van der Waals surface area contributed by atoms with Crippen LogP contribution in [0.15, 0.2) is 53.4 Å². The average molecular weight is 401 g/mol. The molecule has 0 radical (unpaired) electrons. The quantitative estimate of drug-likeness (QED) is 0.754. The van der Waals surface area contributed by atoms with Gasteiger partial charge in [0.15, 0.2) is 0 Å². The highest BCUT2D eigenvalue weighted by molar-refractivity contribution is 7.92. The molecule has 0 aliphatic heterocycles. The van der Waals surface area contributed by atoms with Gasteiger partial charge in [0.05, 0.1) is 15.6 Å². The summed E-state index contributed by atoms with van der Waals surface area (Å²) in [6.07, 6.45) is 0. The summed E-state index contributed by atoms with van der Waals surface area (Å²) in [5.41, 5.74) is 0.591. The lowest BCUT2D eigenvalue weighted by molar-refractivity contribution is -0.114. The SMILES string of the molecule is CC(=O)Nc1ccc(S(=O)(=O)N(CC(=O)Cl)c2ccccc2Cl)cc1. The number of sulfonamides is 1. The number of nitrogens with zero attached hydrogens (tertiary/aromatic N) is 1. The summed E-state index contributed by atoms with van der Waals surface area (Å²) in [5.74, 6) is -0.277. The summed E-state index contributed by atoms with van der Waals surface area (Å²) in [6.45, 7) is 0.775. The average Bonchev–Trinajstić information content (AvgIpc) is 2.53. The van der Waals surface area contributed by atoms with Gasteiger partial charge in [0, 0.05) is 12.6 Å². The van der Waals surface area contributed by atoms with Crippen LogP contribution >= 0.6 is 23.2 Å². The second-order valence-electron chi connectivity index (χ2n) is 5.02. The number of benzene rings is 2. The van der Waals surface area contributed by atoms with Gasteiger partial charge >= 0.3 is 0 Å². The first kappa shape index (κ1) is 19.2. The summed E-state index contributed by atoms with van der Waals surface area (Å²) in [7, 11) is -4.09. The number of rotatable bonds is 6. The normalized spacial score (nSPS) is 11.0. The minimum atomic E-state index is -4.09. The van der Waals surface area contributed by atoms with Gasteiger partial charge in [-0.25, -0.2) is 8.42 Å². The van der Waals surface area contributed by atoms with Gasteiger partial charge < -0.3 is 5.32 Å². The van der Waals surface area contributed by atoms with E-state index in [1.165, 1.54) is 43.3 Å². The van der Waals surface area contributed by atoms with Crippen LogP contribution in [0, 0.1) is 0 Å². The van der Waals surface area contributed by atoms with Crippen molar-refractivity contribution in [2.45, 2.75) is 11.8 Å². The first-order chi connectivity index (χ1) is 11.7. The molecule has 9 heteroatoms. The highest BCUT2D eigenvalue weighted by atomic mass is 35.5. The molecule has 0 aromatic heterocycles. The number of amides is 1. The van der Waals surface area contributed by atoms with E-state index in [0.29, 0.717) is 5.69 Å². The number of para-hydroxylation sites is 1. The molecular formula is C16H14Cl2N2O4S. The van der Waals surface area contributed by atoms with Crippen LogP contribution in [0.4, 0.5) is 11.4 Å². The maximum Gasteiger partial charge on any atom is 0.264 e. The van der Waals surface area contributed by atoms with E-state index in [9.17, 15) is 18.0 Å². The van der Waals surface area contributed by atoms with E-state index in [1.807, 2.05) is 0 Å². The van der Waals surface area contributed by atoms with E-state index in [1.54, 1.807) is 12.1 Å². The molecule has 6 nitrogen and oxygen atoms in total. The van der Waals surface area contributed by atoms with Crippen LogP contribution in [0.5, 0.6) is 0 Å². The minimum Gasteiger partial charge on any atom is -0.326 e. The van der Waals surface area contributed by atoms with Crippen LogP contribution in [0.1, 0.15) is 6.92 Å². The van der Waals surface area contributed by atoms with Crippen LogP contribution in [0.25, 0.3) is 0 Å². The summed E-state index contributed by atoms with van der Waals surface area (Å²) < 4.78 is 26.7. The van der Waals surface area contributed by atoms with Crippen LogP contribution in [0.3, 0.4) is 0 Å². The van der Waals surface area contributed by atoms with Crippen LogP contribution in [-0.2, 0) is 19.6 Å². The standard InChI is InChI=1S/C16H14Cl2N2O4S/c1-11(21)19-12-6-8-13(9-7-12)25(23,24)20(10-16(18)22)15-5-3-2-4-14(15)17/h2-9H,10H2,1H3,(H,19,21). The number of nitrogens with one attached hydrogen (secondary N) is 1. The molecule has 0 atom stereocenters. The summed E-state index contributed by atoms with van der Waals surface area (Å²) in [5, 5.41) is 1.86. The third kappa shape index (κ3) is 4.72. The Labute approximate surface area is 155 Å². The van der Waals surface area contributed by atoms with E-state index < -0.39 is 21.8 Å². The Balaban J connectivity index is 2.46. The van der Waals surface area contributed by atoms with Crippen molar-refractivity contribution >= 4 is 55.7 Å². The number of halogens is 2. The van der Waals surface area contributed by atoms with Crippen LogP contribution in [0.2, 0.25) is 5.02 Å². The lowest BCUT2D eigenvalue weighted by Crippen LogP contribution is -2.34. The molecule has 132 valence electrons. The molecule has 1 amide bonds. The zero-order valence-electron chi connectivity index (χ0n) is 13.1. The zero-order chi connectivity index (χ0) is 18.6. The van der Waals surface area contributed by atoms with Gasteiger partial charge in [0.1, 0.15) is 6.54 Å². The van der Waals surface area contributed by atoms with Crippen LogP contribution < -0.4 is 9.62 Å². The maximum atomic E-state index is 12.9. The number of carbonyl (C=O) groups excluding carboxylic acids is 2. The molecule has 25 heavy (non-hydrogen) atoms. The van der Waals surface area contributed by atoms with Crippen molar-refractivity contribution in [3.63, 3.8) is 0 Å². The predicted molar refractivity (Wildman–Crippen MR) is 97.6 cm³/mol. The topological polar surface area (TPSA) is 83.6 Å². The van der Waals surface area contributed by atoms with Crippen molar-refractivity contribution in [3.8, 4) is 0 Å². The lowest BCUT2D eigenvalue weighted by atomic mass is 10.3. The highest BCUT2D eigenvalue weighted by Crippen LogP contribution is 2.30. The fourth-order valence-corrected chi connectivity index (χ4v) is 4.03. The van der Waals surface area contributed by atoms with Gasteiger partial charge in [-0.15, -0.1) is 0 Å². The summed E-state index contributed by atoms with van der Waals surface area (Å²) in [6, 6.07) is 11.8. The molecule has 0 aliphatic rings. The minimum absolute atomic E-state index is 0.0700. The van der Waals surface area contributed by atoms with Crippen LogP contribution in [-0.4, -0.2) is 26.1 Å². The Hall–Kier alpha value is -2.09. The van der Waals surface area contributed by atoms with E-state index in [0.717, 1.165) is 4.31 Å². The fraction of sp³-hybridized carbons (Fsp3) is 0.125. The van der Waals surface area contributed by atoms with E-state index >= 15 is 0 Å². The van der Waals surface area contributed by atoms with Gasteiger partial charge in [0.25, 0.3) is 10.0 Å². The molecule has 2 aromatic carbocycles. The van der Waals surface area contributed by atoms with Gasteiger partial charge in [0.2, 0.25) is 11.1 Å². The molecule has 1 N–H and O–H groups in total. The molecule has 0 saturated heterocycles. The first-order valence-electron chi connectivity index (χ1n) is 7.05. The number of carbonyl (C=O) groups is 2.